The van der Waals surface area contributed by atoms with Crippen LogP contribution in [-0.4, -0.2) is 47.8 Å². The van der Waals surface area contributed by atoms with Crippen LogP contribution >= 0.6 is 0 Å². The van der Waals surface area contributed by atoms with Crippen molar-refractivity contribution < 1.29 is 13.2 Å². The van der Waals surface area contributed by atoms with E-state index in [1.807, 2.05) is 32.0 Å². The van der Waals surface area contributed by atoms with Crippen molar-refractivity contribution in [2.24, 2.45) is 5.92 Å². The van der Waals surface area contributed by atoms with Crippen LogP contribution in [0.5, 0.6) is 0 Å². The average molecular weight is 455 g/mol. The lowest BCUT2D eigenvalue weighted by Crippen LogP contribution is -2.43. The second kappa shape index (κ2) is 9.42. The molecule has 32 heavy (non-hydrogen) atoms. The van der Waals surface area contributed by atoms with Gasteiger partial charge in [0.2, 0.25) is 15.9 Å². The molecule has 0 aliphatic carbocycles. The normalized spacial score (nSPS) is 15.8. The van der Waals surface area contributed by atoms with E-state index in [1.165, 1.54) is 4.31 Å². The number of hydrogen-bond donors (Lipinski definition) is 1. The number of nitrogens with zero attached hydrogens (tertiary/aromatic N) is 3. The Labute approximate surface area is 189 Å². The highest BCUT2D eigenvalue weighted by Crippen LogP contribution is 2.24. The van der Waals surface area contributed by atoms with Gasteiger partial charge in [-0.3, -0.25) is 4.79 Å². The number of nitrogens with one attached hydrogen (secondary N) is 1. The lowest BCUT2D eigenvalue weighted by molar-refractivity contribution is -0.126. The maximum absolute atomic E-state index is 12.8. The van der Waals surface area contributed by atoms with Gasteiger partial charge in [0.05, 0.1) is 15.9 Å². The molecule has 0 bridgehead atoms. The summed E-state index contributed by atoms with van der Waals surface area (Å²) in [5, 5.41) is 3.03. The number of sulfonamides is 1. The quantitative estimate of drug-likeness (QED) is 0.556. The molecule has 2 heterocycles. The van der Waals surface area contributed by atoms with Crippen molar-refractivity contribution in [3.8, 4) is 0 Å². The van der Waals surface area contributed by atoms with Crippen molar-refractivity contribution >= 4 is 27.0 Å². The van der Waals surface area contributed by atoms with E-state index >= 15 is 0 Å². The third kappa shape index (κ3) is 4.71. The van der Waals surface area contributed by atoms with E-state index < -0.39 is 10.0 Å². The molecule has 7 nitrogen and oxygen atoms in total. The maximum atomic E-state index is 12.8. The molecule has 0 spiro atoms. The fraction of sp³-hybridized carbons (Fsp3) is 0.417. The Morgan fingerprint density at radius 2 is 1.75 bits per heavy atom. The molecule has 1 amide bonds. The standard InChI is InChI=1S/C24H30N4O3S/c1-18-8-10-21(11-9-18)32(30,31)27-16-12-20(13-17-27)24(29)25-14-5-15-28-19(2)26-22-6-3-4-7-23(22)28/h3-4,6-11,20H,5,12-17H2,1-2H3,(H,25,29). The van der Waals surface area contributed by atoms with E-state index in [0.717, 1.165) is 35.4 Å². The van der Waals surface area contributed by atoms with Gasteiger partial charge in [0.15, 0.2) is 0 Å². The van der Waals surface area contributed by atoms with Crippen molar-refractivity contribution in [3.63, 3.8) is 0 Å². The van der Waals surface area contributed by atoms with Crippen molar-refractivity contribution in [2.45, 2.75) is 44.6 Å². The number of imidazole rings is 1. The molecular weight excluding hydrogens is 424 g/mol. The number of rotatable bonds is 7. The number of amides is 1. The molecule has 1 aromatic heterocycles. The lowest BCUT2D eigenvalue weighted by Gasteiger charge is -2.30. The summed E-state index contributed by atoms with van der Waals surface area (Å²) in [4.78, 5) is 17.5. The molecule has 3 aromatic rings. The summed E-state index contributed by atoms with van der Waals surface area (Å²) in [6, 6.07) is 15.0. The van der Waals surface area contributed by atoms with Gasteiger partial charge in [-0.15, -0.1) is 0 Å². The van der Waals surface area contributed by atoms with Crippen LogP contribution in [0.4, 0.5) is 0 Å². The van der Waals surface area contributed by atoms with Crippen LogP contribution in [0.3, 0.4) is 0 Å². The van der Waals surface area contributed by atoms with E-state index in [4.69, 9.17) is 0 Å². The van der Waals surface area contributed by atoms with E-state index in [2.05, 4.69) is 20.9 Å². The monoisotopic (exact) mass is 454 g/mol. The highest BCUT2D eigenvalue weighted by Gasteiger charge is 2.31. The molecule has 8 heteroatoms. The summed E-state index contributed by atoms with van der Waals surface area (Å²) in [5.41, 5.74) is 3.12. The van der Waals surface area contributed by atoms with Gasteiger partial charge in [0, 0.05) is 32.1 Å². The van der Waals surface area contributed by atoms with Crippen molar-refractivity contribution in [1.82, 2.24) is 19.2 Å². The summed E-state index contributed by atoms with van der Waals surface area (Å²) in [6.45, 7) is 6.05. The van der Waals surface area contributed by atoms with Crippen LogP contribution < -0.4 is 5.32 Å². The second-order valence-electron chi connectivity index (χ2n) is 8.44. The first kappa shape index (κ1) is 22.5. The Kier molecular flexibility index (Phi) is 6.62. The highest BCUT2D eigenvalue weighted by molar-refractivity contribution is 7.89. The molecule has 2 aromatic carbocycles. The zero-order valence-corrected chi connectivity index (χ0v) is 19.4. The summed E-state index contributed by atoms with van der Waals surface area (Å²) >= 11 is 0. The van der Waals surface area contributed by atoms with Gasteiger partial charge in [-0.05, 0) is 57.4 Å². The molecule has 4 rings (SSSR count). The van der Waals surface area contributed by atoms with Gasteiger partial charge < -0.3 is 9.88 Å². The minimum Gasteiger partial charge on any atom is -0.356 e. The molecular formula is C24H30N4O3S. The minimum atomic E-state index is -3.50. The van der Waals surface area contributed by atoms with Crippen LogP contribution in [0.2, 0.25) is 0 Å². The second-order valence-corrected chi connectivity index (χ2v) is 10.4. The average Bonchev–Trinajstić information content (AvgIpc) is 3.12. The van der Waals surface area contributed by atoms with E-state index in [1.54, 1.807) is 24.3 Å². The molecule has 0 atom stereocenters. The fourth-order valence-corrected chi connectivity index (χ4v) is 5.76. The predicted molar refractivity (Wildman–Crippen MR) is 125 cm³/mol. The third-order valence-electron chi connectivity index (χ3n) is 6.19. The molecule has 0 unspecified atom stereocenters. The molecule has 0 radical (unpaired) electrons. The van der Waals surface area contributed by atoms with E-state index in [-0.39, 0.29) is 11.8 Å². The Morgan fingerprint density at radius 1 is 1.06 bits per heavy atom. The molecule has 170 valence electrons. The van der Waals surface area contributed by atoms with Crippen LogP contribution in [0.1, 0.15) is 30.7 Å². The number of fused-ring (bicyclic) bond motifs is 1. The van der Waals surface area contributed by atoms with Gasteiger partial charge in [0.1, 0.15) is 5.82 Å². The summed E-state index contributed by atoms with van der Waals surface area (Å²) in [7, 11) is -3.50. The van der Waals surface area contributed by atoms with Gasteiger partial charge in [-0.25, -0.2) is 13.4 Å². The number of piperidine rings is 1. The number of carbonyl (C=O) groups excluding carboxylic acids is 1. The largest absolute Gasteiger partial charge is 0.356 e. The first-order chi connectivity index (χ1) is 15.4. The topological polar surface area (TPSA) is 84.3 Å². The maximum Gasteiger partial charge on any atom is 0.243 e. The molecule has 1 aliphatic rings. The van der Waals surface area contributed by atoms with Crippen molar-refractivity contribution in [2.75, 3.05) is 19.6 Å². The fourth-order valence-electron chi connectivity index (χ4n) is 4.29. The van der Waals surface area contributed by atoms with E-state index in [0.29, 0.717) is 37.4 Å². The van der Waals surface area contributed by atoms with Gasteiger partial charge in [0.25, 0.3) is 0 Å². The first-order valence-electron chi connectivity index (χ1n) is 11.1. The van der Waals surface area contributed by atoms with Gasteiger partial charge in [-0.2, -0.15) is 4.31 Å². The number of aryl methyl sites for hydroxylation is 3. The molecule has 1 aliphatic heterocycles. The number of aromatic nitrogens is 2. The Bertz CT molecular complexity index is 1190. The van der Waals surface area contributed by atoms with Crippen molar-refractivity contribution in [1.29, 1.82) is 0 Å². The summed E-state index contributed by atoms with van der Waals surface area (Å²) in [5.74, 6) is 0.847. The Morgan fingerprint density at radius 3 is 2.47 bits per heavy atom. The van der Waals surface area contributed by atoms with E-state index in [9.17, 15) is 13.2 Å². The predicted octanol–water partition coefficient (Wildman–Crippen LogP) is 3.26. The lowest BCUT2D eigenvalue weighted by atomic mass is 9.97. The van der Waals surface area contributed by atoms with Crippen LogP contribution in [-0.2, 0) is 21.4 Å². The van der Waals surface area contributed by atoms with Crippen LogP contribution in [0.25, 0.3) is 11.0 Å². The number of carbonyl (C=O) groups is 1. The molecule has 0 saturated carbocycles. The Hall–Kier alpha value is -2.71. The zero-order chi connectivity index (χ0) is 22.7. The Balaban J connectivity index is 1.25. The number of hydrogen-bond acceptors (Lipinski definition) is 4. The molecule has 1 fully saturated rings. The SMILES string of the molecule is Cc1ccc(S(=O)(=O)N2CCC(C(=O)NCCCn3c(C)nc4ccccc43)CC2)cc1. The third-order valence-corrected chi connectivity index (χ3v) is 8.10. The van der Waals surface area contributed by atoms with Crippen molar-refractivity contribution in [3.05, 3.63) is 59.9 Å². The van der Waals surface area contributed by atoms with Crippen LogP contribution in [0, 0.1) is 19.8 Å². The highest BCUT2D eigenvalue weighted by atomic mass is 32.2. The summed E-state index contributed by atoms with van der Waals surface area (Å²) in [6.07, 6.45) is 1.90. The minimum absolute atomic E-state index is 0.0181. The first-order valence-corrected chi connectivity index (χ1v) is 12.6. The zero-order valence-electron chi connectivity index (χ0n) is 18.6. The number of benzene rings is 2. The smallest absolute Gasteiger partial charge is 0.243 e. The summed E-state index contributed by atoms with van der Waals surface area (Å²) < 4.78 is 29.3. The number of para-hydroxylation sites is 2. The van der Waals surface area contributed by atoms with Gasteiger partial charge >= 0.3 is 0 Å². The van der Waals surface area contributed by atoms with Gasteiger partial charge in [-0.1, -0.05) is 29.8 Å². The molecule has 1 N–H and O–H groups in total. The molecule has 1 saturated heterocycles. The van der Waals surface area contributed by atoms with Crippen LogP contribution in [0.15, 0.2) is 53.4 Å².